The lowest BCUT2D eigenvalue weighted by atomic mass is 10.1. The summed E-state index contributed by atoms with van der Waals surface area (Å²) < 4.78 is 36.7. The van der Waals surface area contributed by atoms with E-state index in [1.165, 1.54) is 12.7 Å². The third-order valence-electron chi connectivity index (χ3n) is 9.38. The molecule has 3 rings (SSSR count). The lowest BCUT2D eigenvalue weighted by molar-refractivity contribution is -0.0737. The van der Waals surface area contributed by atoms with Gasteiger partial charge in [0.25, 0.3) is 0 Å². The Kier molecular flexibility index (Phi) is 7.13. The largest absolute Gasteiger partial charge is 0.388 e. The van der Waals surface area contributed by atoms with E-state index in [-0.39, 0.29) is 5.82 Å². The first-order valence-corrected chi connectivity index (χ1v) is 19.6. The molecule has 0 aliphatic carbocycles. The Bertz CT molecular complexity index is 1290. The van der Waals surface area contributed by atoms with Gasteiger partial charge in [0, 0.05) is 0 Å². The number of nitrogen functional groups attached to an aromatic ring is 1. The van der Waals surface area contributed by atoms with Crippen molar-refractivity contribution in [2.75, 3.05) is 12.3 Å². The molecule has 6 N–H and O–H groups in total. The number of fused-ring (bicyclic) bond motifs is 1. The van der Waals surface area contributed by atoms with Gasteiger partial charge in [-0.1, -0.05) is 67.7 Å². The number of hydrogen-bond donors (Lipinski definition) is 4. The van der Waals surface area contributed by atoms with E-state index < -0.39 is 65.9 Å². The molecule has 210 valence electrons. The molecule has 2 aromatic rings. The van der Waals surface area contributed by atoms with Gasteiger partial charge in [-0.25, -0.2) is 20.1 Å². The van der Waals surface area contributed by atoms with Gasteiger partial charge in [-0.3, -0.25) is 8.75 Å². The zero-order chi connectivity index (χ0) is 28.6. The average Bonchev–Trinajstić information content (AvgIpc) is 3.24. The molecule has 1 saturated heterocycles. The molecule has 1 aliphatic heterocycles. The maximum Gasteiger partial charge on any atom is 0.333 e. The van der Waals surface area contributed by atoms with E-state index >= 15 is 0 Å². The van der Waals surface area contributed by atoms with Crippen LogP contribution >= 0.6 is 0 Å². The summed E-state index contributed by atoms with van der Waals surface area (Å²) in [7, 11) is -10.4. The average molecular weight is 575 g/mol. The topological polar surface area (TPSA) is 189 Å². The van der Waals surface area contributed by atoms with E-state index in [0.29, 0.717) is 11.2 Å². The van der Waals surface area contributed by atoms with Gasteiger partial charge >= 0.3 is 10.3 Å². The van der Waals surface area contributed by atoms with Gasteiger partial charge in [-0.2, -0.15) is 8.42 Å². The number of aromatic nitrogens is 4. The lowest BCUT2D eigenvalue weighted by Crippen LogP contribution is -2.82. The molecule has 2 aromatic heterocycles. The van der Waals surface area contributed by atoms with Crippen LogP contribution in [-0.4, -0.2) is 77.5 Å². The van der Waals surface area contributed by atoms with E-state index in [1.54, 1.807) is 4.57 Å². The van der Waals surface area contributed by atoms with Gasteiger partial charge in [-0.05, 0) is 10.1 Å². The SMILES string of the molecule is CC(C)(C)[Si](C)(C)[C@@]1(O)[C@@H](COS(N)(=O)=O)O[C@@H](n2cnc3c(N)ncnc32)[C@@]1(O)[Si](C)(C)C(C)(C)C. The molecule has 3 heterocycles. The van der Waals surface area contributed by atoms with Crippen molar-refractivity contribution in [1.29, 1.82) is 0 Å². The smallest absolute Gasteiger partial charge is 0.333 e. The minimum absolute atomic E-state index is 0.159. The summed E-state index contributed by atoms with van der Waals surface area (Å²) in [6.07, 6.45) is 0.332. The minimum Gasteiger partial charge on any atom is -0.388 e. The van der Waals surface area contributed by atoms with Crippen molar-refractivity contribution in [2.45, 2.75) is 101 Å². The lowest BCUT2D eigenvalue weighted by Gasteiger charge is -2.61. The molecule has 0 radical (unpaired) electrons. The Hall–Kier alpha value is -1.47. The summed E-state index contributed by atoms with van der Waals surface area (Å²) >= 11 is 0. The van der Waals surface area contributed by atoms with Crippen LogP contribution in [0, 0.1) is 0 Å². The number of nitrogens with two attached hydrogens (primary N) is 2. The van der Waals surface area contributed by atoms with Gasteiger partial charge in [0.1, 0.15) is 28.4 Å². The van der Waals surface area contributed by atoms with E-state index in [4.69, 9.17) is 19.8 Å². The molecule has 0 amide bonds. The summed E-state index contributed by atoms with van der Waals surface area (Å²) in [5.74, 6) is 0.159. The molecule has 0 aromatic carbocycles. The molecule has 1 fully saturated rings. The van der Waals surface area contributed by atoms with Crippen LogP contribution < -0.4 is 10.9 Å². The molecule has 0 saturated carbocycles. The first-order chi connectivity index (χ1) is 16.4. The standard InChI is InChI=1S/C22H42N6O6SSi2/c1-19(2,3)36(7,8)21(29)14(11-33-35(24,31)32)34-18(22(21,30)37(9,10)20(4,5)6)28-13-27-15-16(23)25-12-26-17(15)28/h12-14,18,29-30H,11H2,1-10H3,(H2,23,25,26)(H2,24,31,32)/t14-,18-,21+,22-/m1/s1. The van der Waals surface area contributed by atoms with Crippen molar-refractivity contribution in [3.05, 3.63) is 12.7 Å². The Balaban J connectivity index is 2.44. The summed E-state index contributed by atoms with van der Waals surface area (Å²) in [4.78, 5) is 12.7. The number of anilines is 1. The number of nitrogens with zero attached hydrogens (tertiary/aromatic N) is 4. The van der Waals surface area contributed by atoms with Gasteiger partial charge in [0.15, 0.2) is 17.7 Å². The maximum absolute atomic E-state index is 13.2. The molecule has 0 bridgehead atoms. The van der Waals surface area contributed by atoms with Crippen LogP contribution in [0.25, 0.3) is 11.2 Å². The predicted octanol–water partition coefficient (Wildman–Crippen LogP) is 2.08. The summed E-state index contributed by atoms with van der Waals surface area (Å²) in [6.45, 7) is 19.5. The Labute approximate surface area is 221 Å². The Morgan fingerprint density at radius 2 is 1.54 bits per heavy atom. The van der Waals surface area contributed by atoms with Crippen molar-refractivity contribution < 1.29 is 27.6 Å². The fourth-order valence-corrected chi connectivity index (χ4v) is 13.7. The molecular formula is C22H42N6O6SSi2. The highest BCUT2D eigenvalue weighted by Gasteiger charge is 2.79. The summed E-state index contributed by atoms with van der Waals surface area (Å²) in [5, 5.41) is 26.8. The quantitative estimate of drug-likeness (QED) is 0.372. The first kappa shape index (κ1) is 30.1. The van der Waals surface area contributed by atoms with Crippen molar-refractivity contribution in [1.82, 2.24) is 19.5 Å². The molecule has 0 unspecified atom stereocenters. The zero-order valence-electron chi connectivity index (χ0n) is 23.4. The van der Waals surface area contributed by atoms with Crippen molar-refractivity contribution in [3.63, 3.8) is 0 Å². The van der Waals surface area contributed by atoms with Crippen molar-refractivity contribution >= 4 is 43.4 Å². The maximum atomic E-state index is 13.2. The number of ether oxygens (including phenoxy) is 1. The fourth-order valence-electron chi connectivity index (χ4n) is 5.22. The highest BCUT2D eigenvalue weighted by Crippen LogP contribution is 2.62. The number of hydrogen-bond acceptors (Lipinski definition) is 10. The third-order valence-corrected chi connectivity index (χ3v) is 22.7. The molecule has 4 atom stereocenters. The van der Waals surface area contributed by atoms with E-state index in [9.17, 15) is 18.6 Å². The molecular weight excluding hydrogens is 533 g/mol. The van der Waals surface area contributed by atoms with Crippen LogP contribution in [0.5, 0.6) is 0 Å². The minimum atomic E-state index is -4.36. The second-order valence-electron chi connectivity index (χ2n) is 13.1. The summed E-state index contributed by atoms with van der Waals surface area (Å²) in [5.41, 5.74) is 6.67. The van der Waals surface area contributed by atoms with Gasteiger partial charge in [0.2, 0.25) is 0 Å². The molecule has 1 aliphatic rings. The molecule has 0 spiro atoms. The van der Waals surface area contributed by atoms with Crippen LogP contribution in [0.3, 0.4) is 0 Å². The van der Waals surface area contributed by atoms with E-state index in [2.05, 4.69) is 15.0 Å². The zero-order valence-corrected chi connectivity index (χ0v) is 26.2. The van der Waals surface area contributed by atoms with Crippen molar-refractivity contribution in [3.8, 4) is 0 Å². The van der Waals surface area contributed by atoms with Gasteiger partial charge in [-0.15, -0.1) is 0 Å². The Morgan fingerprint density at radius 3 is 2.03 bits per heavy atom. The third kappa shape index (κ3) is 4.27. The van der Waals surface area contributed by atoms with Crippen LogP contribution in [-0.2, 0) is 19.2 Å². The van der Waals surface area contributed by atoms with Gasteiger partial charge < -0.3 is 20.7 Å². The van der Waals surface area contributed by atoms with E-state index in [1.807, 2.05) is 67.7 Å². The predicted molar refractivity (Wildman–Crippen MR) is 147 cm³/mol. The highest BCUT2D eigenvalue weighted by molar-refractivity contribution is 7.84. The normalized spacial score (nSPS) is 28.2. The monoisotopic (exact) mass is 574 g/mol. The van der Waals surface area contributed by atoms with Crippen LogP contribution in [0.1, 0.15) is 47.8 Å². The van der Waals surface area contributed by atoms with Crippen LogP contribution in [0.4, 0.5) is 5.82 Å². The molecule has 37 heavy (non-hydrogen) atoms. The van der Waals surface area contributed by atoms with Gasteiger partial charge in [0.05, 0.1) is 29.1 Å². The van der Waals surface area contributed by atoms with E-state index in [0.717, 1.165) is 0 Å². The van der Waals surface area contributed by atoms with Crippen LogP contribution in [0.15, 0.2) is 12.7 Å². The summed E-state index contributed by atoms with van der Waals surface area (Å²) in [6, 6.07) is 0. The second-order valence-corrected chi connectivity index (χ2v) is 25.4. The molecule has 12 nitrogen and oxygen atoms in total. The van der Waals surface area contributed by atoms with Crippen LogP contribution in [0.2, 0.25) is 36.3 Å². The van der Waals surface area contributed by atoms with Crippen molar-refractivity contribution in [2.24, 2.45) is 5.14 Å². The Morgan fingerprint density at radius 1 is 1.03 bits per heavy atom. The number of imidazole rings is 1. The first-order valence-electron chi connectivity index (χ1n) is 12.2. The second kappa shape index (κ2) is 8.77. The fraction of sp³-hybridized carbons (Fsp3) is 0.773. The highest BCUT2D eigenvalue weighted by atomic mass is 32.2. The number of aliphatic hydroxyl groups is 2. The number of rotatable bonds is 6. The molecule has 15 heteroatoms.